The van der Waals surface area contributed by atoms with E-state index in [2.05, 4.69) is 0 Å². The Balaban J connectivity index is 0.000000980. The maximum Gasteiger partial charge on any atom is 0.207 e. The van der Waals surface area contributed by atoms with Gasteiger partial charge in [-0.25, -0.2) is 0 Å². The van der Waals surface area contributed by atoms with E-state index in [0.717, 1.165) is 24.8 Å². The topological polar surface area (TPSA) is 48.0 Å². The van der Waals surface area contributed by atoms with Crippen LogP contribution in [0.3, 0.4) is 0 Å². The fourth-order valence-corrected chi connectivity index (χ4v) is 2.04. The maximum absolute atomic E-state index is 11.6. The van der Waals surface area contributed by atoms with E-state index >= 15 is 0 Å². The number of hydrogen-bond acceptors (Lipinski definition) is 2. The fourth-order valence-electron chi connectivity index (χ4n) is 2.04. The molecule has 0 saturated carbocycles. The average Bonchev–Trinajstić information content (AvgIpc) is 2.15. The van der Waals surface area contributed by atoms with Crippen molar-refractivity contribution >= 4 is 18.1 Å². The van der Waals surface area contributed by atoms with Crippen molar-refractivity contribution in [3.05, 3.63) is 27.7 Å². The zero-order valence-electron chi connectivity index (χ0n) is 8.25. The molecule has 0 spiro atoms. The van der Waals surface area contributed by atoms with Crippen LogP contribution >= 0.6 is 12.4 Å². The van der Waals surface area contributed by atoms with Crippen LogP contribution in [0.15, 0.2) is 11.0 Å². The Hall–Kier alpha value is -0.960. The number of nitrogen functional groups attached to an aromatic ring is 1. The SMILES string of the molecule is Cl.Cn1cc(N)c(=O)c2c1CCCC2. The summed E-state index contributed by atoms with van der Waals surface area (Å²) in [6, 6.07) is 0. The van der Waals surface area contributed by atoms with Gasteiger partial charge >= 0.3 is 0 Å². The zero-order valence-corrected chi connectivity index (χ0v) is 9.06. The van der Waals surface area contributed by atoms with Crippen LogP contribution in [-0.2, 0) is 19.9 Å². The Morgan fingerprint density at radius 1 is 1.36 bits per heavy atom. The predicted octanol–water partition coefficient (Wildman–Crippen LogP) is 1.27. The summed E-state index contributed by atoms with van der Waals surface area (Å²) >= 11 is 0. The third-order valence-electron chi connectivity index (χ3n) is 2.73. The molecule has 3 nitrogen and oxygen atoms in total. The number of fused-ring (bicyclic) bond motifs is 1. The molecule has 0 aromatic carbocycles. The Kier molecular flexibility index (Phi) is 3.21. The molecule has 0 radical (unpaired) electrons. The van der Waals surface area contributed by atoms with Crippen LogP contribution in [-0.4, -0.2) is 4.57 Å². The Labute approximate surface area is 89.3 Å². The van der Waals surface area contributed by atoms with Crippen LogP contribution < -0.4 is 11.2 Å². The summed E-state index contributed by atoms with van der Waals surface area (Å²) in [5, 5.41) is 0. The van der Waals surface area contributed by atoms with Crippen molar-refractivity contribution in [3.8, 4) is 0 Å². The van der Waals surface area contributed by atoms with Crippen molar-refractivity contribution in [2.75, 3.05) is 5.73 Å². The molecular weight excluding hydrogens is 200 g/mol. The van der Waals surface area contributed by atoms with Crippen LogP contribution in [0.1, 0.15) is 24.1 Å². The molecule has 0 atom stereocenters. The minimum Gasteiger partial charge on any atom is -0.394 e. The van der Waals surface area contributed by atoms with E-state index in [1.54, 1.807) is 6.20 Å². The van der Waals surface area contributed by atoms with Crippen molar-refractivity contribution in [2.24, 2.45) is 7.05 Å². The maximum atomic E-state index is 11.6. The van der Waals surface area contributed by atoms with E-state index < -0.39 is 0 Å². The summed E-state index contributed by atoms with van der Waals surface area (Å²) in [5.74, 6) is 0. The molecule has 1 aliphatic rings. The van der Waals surface area contributed by atoms with Gasteiger partial charge in [-0.15, -0.1) is 12.4 Å². The molecule has 1 aromatic heterocycles. The lowest BCUT2D eigenvalue weighted by Gasteiger charge is -2.18. The Morgan fingerprint density at radius 3 is 2.71 bits per heavy atom. The van der Waals surface area contributed by atoms with E-state index in [1.165, 1.54) is 12.1 Å². The quantitative estimate of drug-likeness (QED) is 0.707. The van der Waals surface area contributed by atoms with E-state index in [1.807, 2.05) is 11.6 Å². The van der Waals surface area contributed by atoms with Crippen LogP contribution in [0.25, 0.3) is 0 Å². The first kappa shape index (κ1) is 11.1. The van der Waals surface area contributed by atoms with Gasteiger partial charge in [-0.05, 0) is 25.7 Å². The van der Waals surface area contributed by atoms with Crippen LogP contribution in [0.4, 0.5) is 5.69 Å². The van der Waals surface area contributed by atoms with Gasteiger partial charge in [-0.1, -0.05) is 0 Å². The van der Waals surface area contributed by atoms with Crippen LogP contribution in [0.2, 0.25) is 0 Å². The molecule has 14 heavy (non-hydrogen) atoms. The van der Waals surface area contributed by atoms with Crippen molar-refractivity contribution in [2.45, 2.75) is 25.7 Å². The van der Waals surface area contributed by atoms with Gasteiger partial charge in [0.15, 0.2) is 0 Å². The lowest BCUT2D eigenvalue weighted by atomic mass is 9.95. The molecule has 0 bridgehead atoms. The van der Waals surface area contributed by atoms with Crippen molar-refractivity contribution < 1.29 is 0 Å². The van der Waals surface area contributed by atoms with Gasteiger partial charge in [0.25, 0.3) is 0 Å². The fraction of sp³-hybridized carbons (Fsp3) is 0.500. The van der Waals surface area contributed by atoms with Crippen molar-refractivity contribution in [1.29, 1.82) is 0 Å². The Bertz CT molecular complexity index is 398. The summed E-state index contributed by atoms with van der Waals surface area (Å²) in [6.45, 7) is 0. The van der Waals surface area contributed by atoms with Crippen molar-refractivity contribution in [3.63, 3.8) is 0 Å². The van der Waals surface area contributed by atoms with E-state index in [0.29, 0.717) is 5.69 Å². The molecule has 0 fully saturated rings. The number of halogens is 1. The minimum atomic E-state index is 0. The van der Waals surface area contributed by atoms with Gasteiger partial charge < -0.3 is 10.3 Å². The molecule has 2 rings (SSSR count). The normalized spacial score (nSPS) is 14.4. The van der Waals surface area contributed by atoms with E-state index in [4.69, 9.17) is 5.73 Å². The number of nitrogens with two attached hydrogens (primary N) is 1. The number of anilines is 1. The third kappa shape index (κ3) is 1.64. The summed E-state index contributed by atoms with van der Waals surface area (Å²) < 4.78 is 1.99. The number of aromatic nitrogens is 1. The highest BCUT2D eigenvalue weighted by atomic mass is 35.5. The molecule has 1 heterocycles. The van der Waals surface area contributed by atoms with Gasteiger partial charge in [-0.3, -0.25) is 4.79 Å². The largest absolute Gasteiger partial charge is 0.394 e. The number of pyridine rings is 1. The standard InChI is InChI=1S/C10H14N2O.ClH/c1-12-6-8(11)10(13)7-4-2-3-5-9(7)12;/h6H,2-5,11H2,1H3;1H. The number of rotatable bonds is 0. The lowest BCUT2D eigenvalue weighted by Crippen LogP contribution is -2.23. The molecule has 2 N–H and O–H groups in total. The van der Waals surface area contributed by atoms with Crippen LogP contribution in [0.5, 0.6) is 0 Å². The van der Waals surface area contributed by atoms with Gasteiger partial charge in [0.1, 0.15) is 0 Å². The zero-order chi connectivity index (χ0) is 9.42. The third-order valence-corrected chi connectivity index (χ3v) is 2.73. The second-order valence-electron chi connectivity index (χ2n) is 3.66. The highest BCUT2D eigenvalue weighted by Crippen LogP contribution is 2.18. The summed E-state index contributed by atoms with van der Waals surface area (Å²) in [6.07, 6.45) is 5.94. The predicted molar refractivity (Wildman–Crippen MR) is 60.0 cm³/mol. The van der Waals surface area contributed by atoms with E-state index in [9.17, 15) is 4.79 Å². The first-order valence-corrected chi connectivity index (χ1v) is 4.67. The van der Waals surface area contributed by atoms with Gasteiger partial charge in [0.2, 0.25) is 5.43 Å². The molecule has 0 saturated heterocycles. The number of nitrogens with zero attached hydrogens (tertiary/aromatic N) is 1. The van der Waals surface area contributed by atoms with Crippen LogP contribution in [0, 0.1) is 0 Å². The van der Waals surface area contributed by atoms with Crippen molar-refractivity contribution in [1.82, 2.24) is 4.57 Å². The molecule has 0 amide bonds. The first-order chi connectivity index (χ1) is 6.20. The highest BCUT2D eigenvalue weighted by Gasteiger charge is 2.15. The molecule has 0 aliphatic heterocycles. The number of aryl methyl sites for hydroxylation is 1. The number of hydrogen-bond donors (Lipinski definition) is 1. The highest BCUT2D eigenvalue weighted by molar-refractivity contribution is 5.85. The molecular formula is C10H15ClN2O. The molecule has 4 heteroatoms. The minimum absolute atomic E-state index is 0. The summed E-state index contributed by atoms with van der Waals surface area (Å²) in [4.78, 5) is 11.6. The monoisotopic (exact) mass is 214 g/mol. The lowest BCUT2D eigenvalue weighted by molar-refractivity contribution is 0.628. The van der Waals surface area contributed by atoms with Gasteiger partial charge in [0.05, 0.1) is 5.69 Å². The molecule has 0 unspecified atom stereocenters. The van der Waals surface area contributed by atoms with E-state index in [-0.39, 0.29) is 17.8 Å². The van der Waals surface area contributed by atoms with Gasteiger partial charge in [-0.2, -0.15) is 0 Å². The summed E-state index contributed by atoms with van der Waals surface area (Å²) in [5.41, 5.74) is 8.15. The molecule has 78 valence electrons. The second kappa shape index (κ2) is 4.05. The second-order valence-corrected chi connectivity index (χ2v) is 3.66. The smallest absolute Gasteiger partial charge is 0.207 e. The first-order valence-electron chi connectivity index (χ1n) is 4.67. The molecule has 1 aromatic rings. The Morgan fingerprint density at radius 2 is 2.00 bits per heavy atom. The van der Waals surface area contributed by atoms with Gasteiger partial charge in [0, 0.05) is 24.5 Å². The average molecular weight is 215 g/mol. The summed E-state index contributed by atoms with van der Waals surface area (Å²) in [7, 11) is 1.96. The molecule has 1 aliphatic carbocycles.